The second-order valence-electron chi connectivity index (χ2n) is 8.75. The topological polar surface area (TPSA) is 60.7 Å². The van der Waals surface area contributed by atoms with Gasteiger partial charge in [-0.1, -0.05) is 48.5 Å². The second kappa shape index (κ2) is 5.34. The van der Waals surface area contributed by atoms with Crippen molar-refractivity contribution in [1.82, 2.24) is 0 Å². The number of aliphatic hydroxyl groups is 3. The Bertz CT molecular complexity index is 292. The van der Waals surface area contributed by atoms with E-state index in [2.05, 4.69) is 0 Å². The minimum absolute atomic E-state index is 0.187. The molecule has 0 aliphatic heterocycles. The zero-order valence-corrected chi connectivity index (χ0v) is 14.2. The monoisotopic (exact) mass is 274 g/mol. The molecule has 0 aromatic carbocycles. The lowest BCUT2D eigenvalue weighted by atomic mass is 9.58. The van der Waals surface area contributed by atoms with Gasteiger partial charge in [-0.15, -0.1) is 0 Å². The Kier molecular flexibility index (Phi) is 5.31. The van der Waals surface area contributed by atoms with Gasteiger partial charge in [0.1, 0.15) is 0 Å². The van der Waals surface area contributed by atoms with Gasteiger partial charge < -0.3 is 15.3 Å². The predicted octanol–water partition coefficient (Wildman–Crippen LogP) is 2.97. The summed E-state index contributed by atoms with van der Waals surface area (Å²) in [6.45, 7) is 17.2. The van der Waals surface area contributed by atoms with Gasteiger partial charge in [0.15, 0.2) is 0 Å². The summed E-state index contributed by atoms with van der Waals surface area (Å²) in [6.07, 6.45) is -0.727. The molecule has 0 bridgehead atoms. The number of hydrogen-bond acceptors (Lipinski definition) is 3. The van der Waals surface area contributed by atoms with Crippen molar-refractivity contribution in [3.8, 4) is 0 Å². The molecule has 0 aliphatic carbocycles. The quantitative estimate of drug-likeness (QED) is 0.722. The molecule has 0 aliphatic rings. The lowest BCUT2D eigenvalue weighted by molar-refractivity contribution is -0.151. The summed E-state index contributed by atoms with van der Waals surface area (Å²) >= 11 is 0. The van der Waals surface area contributed by atoms with E-state index < -0.39 is 23.2 Å². The first-order chi connectivity index (χ1) is 8.03. The molecule has 0 radical (unpaired) electrons. The molecular weight excluding hydrogens is 240 g/mol. The molecule has 2 atom stereocenters. The zero-order valence-electron chi connectivity index (χ0n) is 14.2. The summed E-state index contributed by atoms with van der Waals surface area (Å²) in [4.78, 5) is 0. The molecule has 0 fully saturated rings. The summed E-state index contributed by atoms with van der Waals surface area (Å²) in [5.74, 6) is 0. The summed E-state index contributed by atoms with van der Waals surface area (Å²) in [6, 6.07) is 0. The van der Waals surface area contributed by atoms with E-state index in [9.17, 15) is 15.3 Å². The van der Waals surface area contributed by atoms with Gasteiger partial charge in [0.05, 0.1) is 17.8 Å². The molecule has 2 unspecified atom stereocenters. The zero-order chi connectivity index (χ0) is 15.9. The molecule has 0 saturated carbocycles. The molecule has 0 heterocycles. The third kappa shape index (κ3) is 4.44. The van der Waals surface area contributed by atoms with Crippen molar-refractivity contribution < 1.29 is 15.3 Å². The Hall–Kier alpha value is -0.120. The summed E-state index contributed by atoms with van der Waals surface area (Å²) < 4.78 is 0. The van der Waals surface area contributed by atoms with Crippen LogP contribution in [0.15, 0.2) is 0 Å². The molecule has 0 rings (SSSR count). The van der Waals surface area contributed by atoms with Crippen LogP contribution >= 0.6 is 0 Å². The first-order valence-corrected chi connectivity index (χ1v) is 7.12. The number of rotatable bonds is 5. The van der Waals surface area contributed by atoms with Crippen molar-refractivity contribution in [3.05, 3.63) is 0 Å². The molecule has 19 heavy (non-hydrogen) atoms. The molecule has 0 amide bonds. The Balaban J connectivity index is 5.19. The van der Waals surface area contributed by atoms with Crippen LogP contribution in [0.2, 0.25) is 0 Å². The van der Waals surface area contributed by atoms with Gasteiger partial charge in [-0.3, -0.25) is 0 Å². The summed E-state index contributed by atoms with van der Waals surface area (Å²) in [5.41, 5.74) is -2.17. The number of hydrogen-bond donors (Lipinski definition) is 3. The van der Waals surface area contributed by atoms with Crippen molar-refractivity contribution in [1.29, 1.82) is 0 Å². The second-order valence-corrected chi connectivity index (χ2v) is 8.75. The lowest BCUT2D eigenvalue weighted by Gasteiger charge is -2.50. The van der Waals surface area contributed by atoms with Crippen LogP contribution in [-0.2, 0) is 0 Å². The minimum atomic E-state index is -1.16. The van der Waals surface area contributed by atoms with Crippen molar-refractivity contribution in [2.75, 3.05) is 0 Å². The molecule has 0 aromatic heterocycles. The predicted molar refractivity (Wildman–Crippen MR) is 79.9 cm³/mol. The SMILES string of the molecule is CC(C)(C)C(O)CC(C)(C)C(C)(C)C(O)C(C)(C)O. The van der Waals surface area contributed by atoms with E-state index in [-0.39, 0.29) is 10.8 Å². The molecular formula is C16H34O3. The molecule has 3 nitrogen and oxygen atoms in total. The highest BCUT2D eigenvalue weighted by atomic mass is 16.3. The largest absolute Gasteiger partial charge is 0.393 e. The van der Waals surface area contributed by atoms with E-state index in [1.165, 1.54) is 0 Å². The van der Waals surface area contributed by atoms with Crippen LogP contribution in [0, 0.1) is 16.2 Å². The van der Waals surface area contributed by atoms with Gasteiger partial charge in [0, 0.05) is 0 Å². The fourth-order valence-electron chi connectivity index (χ4n) is 2.31. The van der Waals surface area contributed by atoms with Crippen LogP contribution in [0.25, 0.3) is 0 Å². The minimum Gasteiger partial charge on any atom is -0.393 e. The van der Waals surface area contributed by atoms with E-state index in [1.54, 1.807) is 13.8 Å². The average molecular weight is 274 g/mol. The first-order valence-electron chi connectivity index (χ1n) is 7.12. The highest BCUT2D eigenvalue weighted by Gasteiger charge is 2.49. The van der Waals surface area contributed by atoms with Gasteiger partial charge in [0.2, 0.25) is 0 Å². The Labute approximate surface area is 119 Å². The van der Waals surface area contributed by atoms with E-state index >= 15 is 0 Å². The molecule has 0 spiro atoms. The third-order valence-corrected chi connectivity index (χ3v) is 4.80. The average Bonchev–Trinajstić information content (AvgIpc) is 2.12. The van der Waals surface area contributed by atoms with Crippen LogP contribution in [0.4, 0.5) is 0 Å². The number of aliphatic hydroxyl groups excluding tert-OH is 2. The van der Waals surface area contributed by atoms with E-state index in [0.29, 0.717) is 6.42 Å². The van der Waals surface area contributed by atoms with E-state index in [4.69, 9.17) is 0 Å². The standard InChI is InChI=1S/C16H34O3/c1-13(2,3)11(17)10-14(4,5)15(6,7)12(18)16(8,9)19/h11-12,17-19H,10H2,1-9H3. The van der Waals surface area contributed by atoms with Crippen LogP contribution < -0.4 is 0 Å². The fourth-order valence-corrected chi connectivity index (χ4v) is 2.31. The molecule has 0 saturated heterocycles. The van der Waals surface area contributed by atoms with Gasteiger partial charge in [-0.25, -0.2) is 0 Å². The van der Waals surface area contributed by atoms with Gasteiger partial charge in [-0.05, 0) is 36.5 Å². The smallest absolute Gasteiger partial charge is 0.0877 e. The molecule has 116 valence electrons. The fraction of sp³-hybridized carbons (Fsp3) is 1.00. The molecule has 3 heteroatoms. The first kappa shape index (κ1) is 18.9. The highest BCUT2D eigenvalue weighted by molar-refractivity contribution is 4.99. The Morgan fingerprint density at radius 2 is 1.16 bits per heavy atom. The molecule has 3 N–H and O–H groups in total. The molecule has 0 aromatic rings. The lowest BCUT2D eigenvalue weighted by Crippen LogP contribution is -2.54. The van der Waals surface area contributed by atoms with Crippen molar-refractivity contribution >= 4 is 0 Å². The summed E-state index contributed by atoms with van der Waals surface area (Å²) in [7, 11) is 0. The van der Waals surface area contributed by atoms with Crippen LogP contribution in [-0.4, -0.2) is 33.1 Å². The van der Waals surface area contributed by atoms with Crippen molar-refractivity contribution in [2.24, 2.45) is 16.2 Å². The Morgan fingerprint density at radius 3 is 1.42 bits per heavy atom. The van der Waals surface area contributed by atoms with Crippen molar-refractivity contribution in [2.45, 2.75) is 86.5 Å². The maximum absolute atomic E-state index is 10.4. The third-order valence-electron chi connectivity index (χ3n) is 4.80. The normalized spacial score (nSPS) is 18.3. The maximum atomic E-state index is 10.4. The van der Waals surface area contributed by atoms with Crippen LogP contribution in [0.5, 0.6) is 0 Å². The summed E-state index contributed by atoms with van der Waals surface area (Å²) in [5, 5.41) is 30.8. The van der Waals surface area contributed by atoms with Crippen molar-refractivity contribution in [3.63, 3.8) is 0 Å². The van der Waals surface area contributed by atoms with Gasteiger partial charge >= 0.3 is 0 Å². The Morgan fingerprint density at radius 1 is 0.789 bits per heavy atom. The maximum Gasteiger partial charge on any atom is 0.0877 e. The van der Waals surface area contributed by atoms with Crippen LogP contribution in [0.1, 0.15) is 68.7 Å². The van der Waals surface area contributed by atoms with Gasteiger partial charge in [-0.2, -0.15) is 0 Å². The van der Waals surface area contributed by atoms with Crippen LogP contribution in [0.3, 0.4) is 0 Å². The van der Waals surface area contributed by atoms with E-state index in [0.717, 1.165) is 0 Å². The van der Waals surface area contributed by atoms with Gasteiger partial charge in [0.25, 0.3) is 0 Å². The van der Waals surface area contributed by atoms with E-state index in [1.807, 2.05) is 48.5 Å². The highest BCUT2D eigenvalue weighted by Crippen LogP contribution is 2.48.